The Hall–Kier alpha value is -3.31. The predicted octanol–water partition coefficient (Wildman–Crippen LogP) is 6.01. The van der Waals surface area contributed by atoms with Crippen molar-refractivity contribution in [3.05, 3.63) is 94.8 Å². The molecule has 0 bridgehead atoms. The summed E-state index contributed by atoms with van der Waals surface area (Å²) in [5.74, 6) is 1.92. The molecule has 0 spiro atoms. The van der Waals surface area contributed by atoms with Gasteiger partial charge in [-0.3, -0.25) is 4.79 Å². The van der Waals surface area contributed by atoms with Crippen LogP contribution in [0.4, 0.5) is 0 Å². The zero-order valence-electron chi connectivity index (χ0n) is 20.2. The summed E-state index contributed by atoms with van der Waals surface area (Å²) in [4.78, 5) is 17.2. The van der Waals surface area contributed by atoms with Crippen LogP contribution in [0, 0.1) is 0 Å². The maximum atomic E-state index is 12.4. The molecule has 4 aromatic rings. The highest BCUT2D eigenvalue weighted by Crippen LogP contribution is 2.18. The van der Waals surface area contributed by atoms with E-state index in [0.29, 0.717) is 31.0 Å². The number of para-hydroxylation sites is 2. The summed E-state index contributed by atoms with van der Waals surface area (Å²) in [7, 11) is 0. The molecule has 0 unspecified atom stereocenters. The molecule has 0 aliphatic heterocycles. The normalized spacial score (nSPS) is 11.0. The summed E-state index contributed by atoms with van der Waals surface area (Å²) >= 11 is 5.92. The van der Waals surface area contributed by atoms with Crippen LogP contribution in [0.1, 0.15) is 36.7 Å². The molecule has 0 aliphatic carbocycles. The van der Waals surface area contributed by atoms with Crippen molar-refractivity contribution >= 4 is 28.5 Å². The molecule has 0 atom stereocenters. The van der Waals surface area contributed by atoms with Gasteiger partial charge in [-0.2, -0.15) is 0 Å². The predicted molar refractivity (Wildman–Crippen MR) is 142 cm³/mol. The number of hydrogen-bond donors (Lipinski definition) is 1. The van der Waals surface area contributed by atoms with Gasteiger partial charge < -0.3 is 14.6 Å². The number of amides is 1. The molecule has 5 nitrogen and oxygen atoms in total. The lowest BCUT2D eigenvalue weighted by molar-refractivity contribution is -0.120. The maximum Gasteiger partial charge on any atom is 0.224 e. The van der Waals surface area contributed by atoms with Crippen LogP contribution in [-0.2, 0) is 30.6 Å². The summed E-state index contributed by atoms with van der Waals surface area (Å²) in [5, 5.41) is 3.69. The average molecular weight is 490 g/mol. The number of aromatic nitrogens is 2. The minimum atomic E-state index is -0.000832. The summed E-state index contributed by atoms with van der Waals surface area (Å²) < 4.78 is 8.18. The lowest BCUT2D eigenvalue weighted by atomic mass is 10.1. The summed E-state index contributed by atoms with van der Waals surface area (Å²) in [6.45, 7) is 4.26. The number of benzene rings is 3. The van der Waals surface area contributed by atoms with Gasteiger partial charge in [0, 0.05) is 24.5 Å². The SMILES string of the molecule is CCc1ccc(OCCCCn2c(CCNC(=O)Cc3ccc(Cl)cc3)nc3ccccc32)cc1. The number of carbonyl (C=O) groups excluding carboxylic acids is 1. The third kappa shape index (κ3) is 7.09. The number of hydrogen-bond acceptors (Lipinski definition) is 3. The number of rotatable bonds is 12. The van der Waals surface area contributed by atoms with Gasteiger partial charge in [0.25, 0.3) is 0 Å². The molecule has 0 fully saturated rings. The van der Waals surface area contributed by atoms with Crippen LogP contribution in [0.5, 0.6) is 5.75 Å². The van der Waals surface area contributed by atoms with Gasteiger partial charge in [-0.1, -0.05) is 54.9 Å². The number of ether oxygens (including phenoxy) is 1. The molecule has 1 N–H and O–H groups in total. The number of carbonyl (C=O) groups is 1. The second-order valence-electron chi connectivity index (χ2n) is 8.62. The van der Waals surface area contributed by atoms with E-state index < -0.39 is 0 Å². The first-order valence-electron chi connectivity index (χ1n) is 12.3. The van der Waals surface area contributed by atoms with Gasteiger partial charge in [0.05, 0.1) is 24.1 Å². The highest BCUT2D eigenvalue weighted by molar-refractivity contribution is 6.30. The lowest BCUT2D eigenvalue weighted by Gasteiger charge is -2.11. The van der Waals surface area contributed by atoms with Gasteiger partial charge in [-0.25, -0.2) is 4.98 Å². The van der Waals surface area contributed by atoms with E-state index in [0.717, 1.165) is 54.0 Å². The molecular formula is C29H32ClN3O2. The van der Waals surface area contributed by atoms with Crippen LogP contribution in [0.2, 0.25) is 5.02 Å². The Morgan fingerprint density at radius 1 is 0.971 bits per heavy atom. The van der Waals surface area contributed by atoms with Gasteiger partial charge in [0.2, 0.25) is 5.91 Å². The second-order valence-corrected chi connectivity index (χ2v) is 9.06. The Morgan fingerprint density at radius 3 is 2.49 bits per heavy atom. The molecule has 3 aromatic carbocycles. The Morgan fingerprint density at radius 2 is 1.71 bits per heavy atom. The lowest BCUT2D eigenvalue weighted by Crippen LogP contribution is -2.28. The van der Waals surface area contributed by atoms with E-state index in [2.05, 4.69) is 35.0 Å². The van der Waals surface area contributed by atoms with E-state index in [1.54, 1.807) is 12.1 Å². The van der Waals surface area contributed by atoms with Gasteiger partial charge in [0.1, 0.15) is 11.6 Å². The number of unbranched alkanes of at least 4 members (excludes halogenated alkanes) is 1. The molecule has 0 saturated carbocycles. The smallest absolute Gasteiger partial charge is 0.224 e. The average Bonchev–Trinajstić information content (AvgIpc) is 3.23. The monoisotopic (exact) mass is 489 g/mol. The number of fused-ring (bicyclic) bond motifs is 1. The fourth-order valence-corrected chi connectivity index (χ4v) is 4.24. The Bertz CT molecular complexity index is 1230. The highest BCUT2D eigenvalue weighted by atomic mass is 35.5. The fraction of sp³-hybridized carbons (Fsp3) is 0.310. The van der Waals surface area contributed by atoms with E-state index in [1.165, 1.54) is 5.56 Å². The first kappa shape index (κ1) is 24.8. The number of nitrogens with zero attached hydrogens (tertiary/aromatic N) is 2. The topological polar surface area (TPSA) is 56.1 Å². The molecular weight excluding hydrogens is 458 g/mol. The third-order valence-electron chi connectivity index (χ3n) is 6.06. The van der Waals surface area contributed by atoms with E-state index in [-0.39, 0.29) is 5.91 Å². The van der Waals surface area contributed by atoms with E-state index in [1.807, 2.05) is 42.5 Å². The van der Waals surface area contributed by atoms with Gasteiger partial charge >= 0.3 is 0 Å². The van der Waals surface area contributed by atoms with Crippen molar-refractivity contribution in [1.29, 1.82) is 0 Å². The summed E-state index contributed by atoms with van der Waals surface area (Å²) in [5.41, 5.74) is 4.38. The van der Waals surface area contributed by atoms with Crippen LogP contribution >= 0.6 is 11.6 Å². The Kier molecular flexibility index (Phi) is 8.79. The van der Waals surface area contributed by atoms with Crippen molar-refractivity contribution in [2.75, 3.05) is 13.2 Å². The van der Waals surface area contributed by atoms with Crippen LogP contribution in [-0.4, -0.2) is 28.6 Å². The van der Waals surface area contributed by atoms with Gasteiger partial charge in [-0.15, -0.1) is 0 Å². The Labute approximate surface area is 212 Å². The van der Waals surface area contributed by atoms with E-state index in [9.17, 15) is 4.79 Å². The summed E-state index contributed by atoms with van der Waals surface area (Å²) in [6, 6.07) is 23.9. The van der Waals surface area contributed by atoms with Crippen molar-refractivity contribution in [2.24, 2.45) is 0 Å². The van der Waals surface area contributed by atoms with Crippen molar-refractivity contribution in [3.8, 4) is 5.75 Å². The minimum absolute atomic E-state index is 0.000832. The standard InChI is InChI=1S/C29H32ClN3O2/c1-2-22-11-15-25(16-12-22)35-20-6-5-19-33-27-8-4-3-7-26(27)32-28(33)17-18-31-29(34)21-23-9-13-24(30)14-10-23/h3-4,7-16H,2,5-6,17-21H2,1H3,(H,31,34). The van der Waals surface area contributed by atoms with Gasteiger partial charge in [0.15, 0.2) is 0 Å². The van der Waals surface area contributed by atoms with Crippen molar-refractivity contribution in [3.63, 3.8) is 0 Å². The minimum Gasteiger partial charge on any atom is -0.494 e. The van der Waals surface area contributed by atoms with Crippen LogP contribution < -0.4 is 10.1 Å². The van der Waals surface area contributed by atoms with Crippen LogP contribution in [0.15, 0.2) is 72.8 Å². The molecule has 0 aliphatic rings. The summed E-state index contributed by atoms with van der Waals surface area (Å²) in [6.07, 6.45) is 4.01. The maximum absolute atomic E-state index is 12.4. The Balaban J connectivity index is 1.28. The number of nitrogens with one attached hydrogen (secondary N) is 1. The van der Waals surface area contributed by atoms with Crippen LogP contribution in [0.3, 0.4) is 0 Å². The first-order valence-corrected chi connectivity index (χ1v) is 12.7. The molecule has 182 valence electrons. The number of aryl methyl sites for hydroxylation is 2. The number of imidazole rings is 1. The number of halogens is 1. The molecule has 1 aromatic heterocycles. The molecule has 1 heterocycles. The third-order valence-corrected chi connectivity index (χ3v) is 6.31. The first-order chi connectivity index (χ1) is 17.1. The van der Waals surface area contributed by atoms with Crippen molar-refractivity contribution < 1.29 is 9.53 Å². The van der Waals surface area contributed by atoms with Gasteiger partial charge in [-0.05, 0) is 66.8 Å². The van der Waals surface area contributed by atoms with Crippen molar-refractivity contribution in [2.45, 2.75) is 45.6 Å². The van der Waals surface area contributed by atoms with E-state index in [4.69, 9.17) is 21.3 Å². The second kappa shape index (κ2) is 12.4. The fourth-order valence-electron chi connectivity index (χ4n) is 4.11. The molecule has 1 amide bonds. The zero-order valence-corrected chi connectivity index (χ0v) is 20.9. The quantitative estimate of drug-likeness (QED) is 0.248. The molecule has 6 heteroatoms. The van der Waals surface area contributed by atoms with Crippen molar-refractivity contribution in [1.82, 2.24) is 14.9 Å². The molecule has 0 saturated heterocycles. The molecule has 0 radical (unpaired) electrons. The highest BCUT2D eigenvalue weighted by Gasteiger charge is 2.11. The van der Waals surface area contributed by atoms with Crippen LogP contribution in [0.25, 0.3) is 11.0 Å². The largest absolute Gasteiger partial charge is 0.494 e. The molecule has 4 rings (SSSR count). The van der Waals surface area contributed by atoms with E-state index >= 15 is 0 Å². The zero-order chi connectivity index (χ0) is 24.5. The molecule has 35 heavy (non-hydrogen) atoms.